The van der Waals surface area contributed by atoms with Crippen molar-refractivity contribution in [2.24, 2.45) is 0 Å². The minimum atomic E-state index is 0.688. The second-order valence-corrected chi connectivity index (χ2v) is 4.46. The second kappa shape index (κ2) is 5.14. The monoisotopic (exact) mass is 252 g/mol. The fourth-order valence-corrected chi connectivity index (χ4v) is 2.11. The van der Waals surface area contributed by atoms with Crippen LogP contribution in [0.25, 0.3) is 11.1 Å². The second-order valence-electron chi connectivity index (χ2n) is 4.46. The molecule has 96 valence electrons. The Morgan fingerprint density at radius 3 is 2.47 bits per heavy atom. The van der Waals surface area contributed by atoms with Crippen LogP contribution in [0.5, 0.6) is 0 Å². The molecule has 3 heteroatoms. The molecule has 0 aliphatic carbocycles. The topological polar surface area (TPSA) is 29.3 Å². The Balaban J connectivity index is 1.89. The molecule has 0 unspecified atom stereocenters. The van der Waals surface area contributed by atoms with Crippen molar-refractivity contribution in [1.29, 1.82) is 0 Å². The zero-order valence-electron chi connectivity index (χ0n) is 10.9. The zero-order chi connectivity index (χ0) is 13.1. The smallest absolute Gasteiger partial charge is 0.298 e. The Hall–Kier alpha value is -2.29. The van der Waals surface area contributed by atoms with Crippen LogP contribution in [-0.4, -0.2) is 11.5 Å². The summed E-state index contributed by atoms with van der Waals surface area (Å²) in [5.74, 6) is 0. The van der Waals surface area contributed by atoms with Crippen LogP contribution in [-0.2, 0) is 6.54 Å². The fourth-order valence-electron chi connectivity index (χ4n) is 2.11. The number of oxazole rings is 1. The maximum Gasteiger partial charge on any atom is 0.298 e. The highest BCUT2D eigenvalue weighted by molar-refractivity contribution is 5.74. The number of aromatic nitrogens is 1. The summed E-state index contributed by atoms with van der Waals surface area (Å²) in [4.78, 5) is 6.67. The number of rotatable bonds is 4. The van der Waals surface area contributed by atoms with Crippen LogP contribution in [0.15, 0.2) is 59.0 Å². The van der Waals surface area contributed by atoms with Crippen LogP contribution >= 0.6 is 0 Å². The molecular weight excluding hydrogens is 236 g/mol. The Morgan fingerprint density at radius 2 is 1.74 bits per heavy atom. The number of benzene rings is 2. The highest BCUT2D eigenvalue weighted by Gasteiger charge is 2.12. The molecule has 3 rings (SSSR count). The molecule has 0 saturated heterocycles. The van der Waals surface area contributed by atoms with E-state index in [2.05, 4.69) is 41.1 Å². The van der Waals surface area contributed by atoms with Crippen LogP contribution in [0, 0.1) is 0 Å². The van der Waals surface area contributed by atoms with Gasteiger partial charge in [0.2, 0.25) is 0 Å². The first-order valence-corrected chi connectivity index (χ1v) is 6.51. The number of nitrogens with zero attached hydrogens (tertiary/aromatic N) is 2. The summed E-state index contributed by atoms with van der Waals surface area (Å²) in [6.07, 6.45) is 0. The molecule has 2 aromatic carbocycles. The number of hydrogen-bond acceptors (Lipinski definition) is 3. The lowest BCUT2D eigenvalue weighted by molar-refractivity contribution is 0.569. The molecule has 0 saturated carbocycles. The van der Waals surface area contributed by atoms with E-state index >= 15 is 0 Å². The molecule has 0 aliphatic rings. The van der Waals surface area contributed by atoms with Crippen LogP contribution in [0.3, 0.4) is 0 Å². The molecule has 0 aliphatic heterocycles. The highest BCUT2D eigenvalue weighted by atomic mass is 16.4. The molecule has 0 spiro atoms. The summed E-state index contributed by atoms with van der Waals surface area (Å²) in [5, 5.41) is 0. The summed E-state index contributed by atoms with van der Waals surface area (Å²) in [5.41, 5.74) is 3.00. The Labute approximate surface area is 112 Å². The van der Waals surface area contributed by atoms with E-state index in [1.54, 1.807) is 0 Å². The van der Waals surface area contributed by atoms with Gasteiger partial charge in [-0.2, -0.15) is 4.98 Å². The summed E-state index contributed by atoms with van der Waals surface area (Å²) in [7, 11) is 0. The van der Waals surface area contributed by atoms with Crippen molar-refractivity contribution >= 4 is 17.1 Å². The number of fused-ring (bicyclic) bond motifs is 1. The van der Waals surface area contributed by atoms with Gasteiger partial charge in [-0.3, -0.25) is 0 Å². The molecule has 0 radical (unpaired) electrons. The van der Waals surface area contributed by atoms with Crippen LogP contribution < -0.4 is 4.90 Å². The van der Waals surface area contributed by atoms with Crippen molar-refractivity contribution in [2.45, 2.75) is 13.5 Å². The van der Waals surface area contributed by atoms with E-state index in [-0.39, 0.29) is 0 Å². The third kappa shape index (κ3) is 2.45. The average Bonchev–Trinajstić information content (AvgIpc) is 2.89. The van der Waals surface area contributed by atoms with E-state index in [0.717, 1.165) is 24.2 Å². The first-order valence-electron chi connectivity index (χ1n) is 6.51. The lowest BCUT2D eigenvalue weighted by atomic mass is 10.2. The van der Waals surface area contributed by atoms with Gasteiger partial charge >= 0.3 is 0 Å². The third-order valence-electron chi connectivity index (χ3n) is 3.15. The highest BCUT2D eigenvalue weighted by Crippen LogP contribution is 2.22. The Bertz CT molecular complexity index is 628. The first kappa shape index (κ1) is 11.8. The molecule has 1 heterocycles. The van der Waals surface area contributed by atoms with Crippen molar-refractivity contribution in [1.82, 2.24) is 4.98 Å². The SMILES string of the molecule is CCN(Cc1ccccc1)c1nc2ccccc2o1. The Kier molecular flexibility index (Phi) is 3.19. The molecule has 19 heavy (non-hydrogen) atoms. The summed E-state index contributed by atoms with van der Waals surface area (Å²) in [6, 6.07) is 18.9. The van der Waals surface area contributed by atoms with Gasteiger partial charge in [-0.05, 0) is 24.6 Å². The van der Waals surface area contributed by atoms with Crippen LogP contribution in [0.2, 0.25) is 0 Å². The van der Waals surface area contributed by atoms with E-state index in [1.807, 2.05) is 30.3 Å². The van der Waals surface area contributed by atoms with Crippen molar-refractivity contribution in [3.8, 4) is 0 Å². The lowest BCUT2D eigenvalue weighted by Crippen LogP contribution is -2.22. The zero-order valence-corrected chi connectivity index (χ0v) is 10.9. The quantitative estimate of drug-likeness (QED) is 0.706. The summed E-state index contributed by atoms with van der Waals surface area (Å²) in [6.45, 7) is 3.78. The van der Waals surface area contributed by atoms with Gasteiger partial charge in [0.15, 0.2) is 5.58 Å². The van der Waals surface area contributed by atoms with Crippen molar-refractivity contribution in [3.05, 3.63) is 60.2 Å². The van der Waals surface area contributed by atoms with Gasteiger partial charge in [0.1, 0.15) is 5.52 Å². The van der Waals surface area contributed by atoms with Gasteiger partial charge in [-0.25, -0.2) is 0 Å². The van der Waals surface area contributed by atoms with E-state index in [0.29, 0.717) is 6.01 Å². The van der Waals surface area contributed by atoms with E-state index in [1.165, 1.54) is 5.56 Å². The maximum absolute atomic E-state index is 5.81. The summed E-state index contributed by atoms with van der Waals surface area (Å²) >= 11 is 0. The molecule has 0 atom stereocenters. The minimum Gasteiger partial charge on any atom is -0.423 e. The molecule has 3 aromatic rings. The molecular formula is C16H16N2O. The molecule has 0 bridgehead atoms. The average molecular weight is 252 g/mol. The predicted octanol–water partition coefficient (Wildman–Crippen LogP) is 3.85. The Morgan fingerprint density at radius 1 is 1.00 bits per heavy atom. The largest absolute Gasteiger partial charge is 0.423 e. The summed E-state index contributed by atoms with van der Waals surface area (Å²) < 4.78 is 5.81. The number of anilines is 1. The van der Waals surface area contributed by atoms with Gasteiger partial charge in [0, 0.05) is 13.1 Å². The van der Waals surface area contributed by atoms with Gasteiger partial charge < -0.3 is 9.32 Å². The van der Waals surface area contributed by atoms with Gasteiger partial charge in [-0.1, -0.05) is 42.5 Å². The minimum absolute atomic E-state index is 0.688. The van der Waals surface area contributed by atoms with E-state index < -0.39 is 0 Å². The normalized spacial score (nSPS) is 10.8. The molecule has 1 aromatic heterocycles. The first-order chi connectivity index (χ1) is 9.36. The molecule has 0 N–H and O–H groups in total. The van der Waals surface area contributed by atoms with Crippen LogP contribution in [0.4, 0.5) is 6.01 Å². The van der Waals surface area contributed by atoms with Gasteiger partial charge in [0.05, 0.1) is 0 Å². The van der Waals surface area contributed by atoms with E-state index in [9.17, 15) is 0 Å². The predicted molar refractivity (Wildman–Crippen MR) is 77.2 cm³/mol. The molecule has 0 fully saturated rings. The van der Waals surface area contributed by atoms with Gasteiger partial charge in [-0.15, -0.1) is 0 Å². The van der Waals surface area contributed by atoms with Crippen LogP contribution in [0.1, 0.15) is 12.5 Å². The maximum atomic E-state index is 5.81. The molecule has 0 amide bonds. The van der Waals surface area contributed by atoms with Crippen molar-refractivity contribution < 1.29 is 4.42 Å². The standard InChI is InChI=1S/C16H16N2O/c1-2-18(12-13-8-4-3-5-9-13)16-17-14-10-6-7-11-15(14)19-16/h3-11H,2,12H2,1H3. The van der Waals surface area contributed by atoms with Crippen molar-refractivity contribution in [2.75, 3.05) is 11.4 Å². The number of para-hydroxylation sites is 2. The fraction of sp³-hybridized carbons (Fsp3) is 0.188. The molecule has 3 nitrogen and oxygen atoms in total. The number of hydrogen-bond donors (Lipinski definition) is 0. The van der Waals surface area contributed by atoms with E-state index in [4.69, 9.17) is 4.42 Å². The van der Waals surface area contributed by atoms with Crippen molar-refractivity contribution in [3.63, 3.8) is 0 Å². The van der Waals surface area contributed by atoms with Gasteiger partial charge in [0.25, 0.3) is 6.01 Å². The third-order valence-corrected chi connectivity index (χ3v) is 3.15. The lowest BCUT2D eigenvalue weighted by Gasteiger charge is -2.18.